The van der Waals surface area contributed by atoms with Crippen LogP contribution in [0.2, 0.25) is 0 Å². The first kappa shape index (κ1) is 15.0. The lowest BCUT2D eigenvalue weighted by Crippen LogP contribution is -2.30. The third kappa shape index (κ3) is 3.46. The zero-order valence-electron chi connectivity index (χ0n) is 10.8. The minimum Gasteiger partial charge on any atom is -0.324 e. The molecule has 1 amide bonds. The van der Waals surface area contributed by atoms with Crippen molar-refractivity contribution in [3.63, 3.8) is 0 Å². The molecular formula is C12H20N2O3S. The molecule has 0 fully saturated rings. The summed E-state index contributed by atoms with van der Waals surface area (Å²) in [4.78, 5) is 12.2. The zero-order chi connectivity index (χ0) is 14.0. The molecule has 18 heavy (non-hydrogen) atoms. The lowest BCUT2D eigenvalue weighted by Gasteiger charge is -2.29. The summed E-state index contributed by atoms with van der Waals surface area (Å²) < 4.78 is 19.0. The first-order valence-electron chi connectivity index (χ1n) is 5.65. The van der Waals surface area contributed by atoms with E-state index in [1.807, 2.05) is 20.8 Å². The van der Waals surface area contributed by atoms with Crippen molar-refractivity contribution in [2.75, 3.05) is 5.32 Å². The van der Waals surface area contributed by atoms with Crippen molar-refractivity contribution in [3.05, 3.63) is 24.3 Å². The van der Waals surface area contributed by atoms with E-state index in [4.69, 9.17) is 5.14 Å². The molecule has 5 nitrogen and oxygen atoms in total. The summed E-state index contributed by atoms with van der Waals surface area (Å²) in [7, 11) is -3.35. The van der Waals surface area contributed by atoms with Crippen LogP contribution in [0.5, 0.6) is 0 Å². The summed E-state index contributed by atoms with van der Waals surface area (Å²) in [5, 5.41) is 8.01. The molecule has 0 aliphatic heterocycles. The van der Waals surface area contributed by atoms with Gasteiger partial charge in [0.05, 0.1) is 10.6 Å². The normalized spacial score (nSPS) is 13.2. The quantitative estimate of drug-likeness (QED) is 0.677. The second-order valence-corrected chi connectivity index (χ2v) is 6.41. The lowest BCUT2D eigenvalue weighted by atomic mass is 9.89. The number of nitrogens with two attached hydrogens (primary N) is 1. The molecule has 6 heteroatoms. The number of para-hydroxylation sites is 1. The Kier molecular flexibility index (Phi) is 4.39. The van der Waals surface area contributed by atoms with E-state index in [1.54, 1.807) is 18.2 Å². The second-order valence-electron chi connectivity index (χ2n) is 4.78. The molecule has 0 bridgehead atoms. The van der Waals surface area contributed by atoms with Crippen molar-refractivity contribution in [2.24, 2.45) is 10.6 Å². The number of hydrogen-bond acceptors (Lipinski definition) is 4. The van der Waals surface area contributed by atoms with Crippen molar-refractivity contribution in [1.29, 1.82) is 0 Å². The third-order valence-corrected chi connectivity index (χ3v) is 3.96. The molecule has 0 aliphatic carbocycles. The zero-order valence-corrected chi connectivity index (χ0v) is 11.6. The number of carbonyl (C=O) groups excluding carboxylic acids is 1. The Morgan fingerprint density at radius 1 is 1.39 bits per heavy atom. The molecule has 1 aromatic carbocycles. The predicted molar refractivity (Wildman–Crippen MR) is 74.4 cm³/mol. The van der Waals surface area contributed by atoms with Crippen LogP contribution < -0.4 is 10.5 Å². The van der Waals surface area contributed by atoms with E-state index >= 15 is 0 Å². The predicted octanol–water partition coefficient (Wildman–Crippen LogP) is 3.04. The van der Waals surface area contributed by atoms with Crippen molar-refractivity contribution < 1.29 is 13.9 Å². The monoisotopic (exact) mass is 272 g/mol. The summed E-state index contributed by atoms with van der Waals surface area (Å²) in [6.45, 7) is 5.57. The van der Waals surface area contributed by atoms with E-state index in [0.717, 1.165) is 0 Å². The SMILES string of the molecule is CCC(C)(C)C(=O)Nc1ccccc1S(N)(O)O. The smallest absolute Gasteiger partial charge is 0.230 e. The standard InChI is InChI=1S/C12H20N2O3S/c1-4-12(2,3)11(15)14-9-7-5-6-8-10(9)18(13,16)17/h5-8,16-17H,4,13H2,1-3H3,(H,14,15). The summed E-state index contributed by atoms with van der Waals surface area (Å²) >= 11 is 0. The summed E-state index contributed by atoms with van der Waals surface area (Å²) in [5.74, 6) is -0.180. The minimum atomic E-state index is -3.35. The van der Waals surface area contributed by atoms with Crippen LogP contribution in [0.4, 0.5) is 5.69 Å². The number of carbonyl (C=O) groups is 1. The number of rotatable bonds is 4. The van der Waals surface area contributed by atoms with Gasteiger partial charge < -0.3 is 5.32 Å². The van der Waals surface area contributed by atoms with Gasteiger partial charge in [0.15, 0.2) is 0 Å². The van der Waals surface area contributed by atoms with Gasteiger partial charge in [-0.25, -0.2) is 5.14 Å². The average molecular weight is 272 g/mol. The highest BCUT2D eigenvalue weighted by Crippen LogP contribution is 2.44. The largest absolute Gasteiger partial charge is 0.324 e. The van der Waals surface area contributed by atoms with E-state index in [-0.39, 0.29) is 10.8 Å². The van der Waals surface area contributed by atoms with Crippen molar-refractivity contribution in [3.8, 4) is 0 Å². The highest BCUT2D eigenvalue weighted by Gasteiger charge is 2.26. The minimum absolute atomic E-state index is 0.144. The van der Waals surface area contributed by atoms with E-state index in [1.165, 1.54) is 6.07 Å². The lowest BCUT2D eigenvalue weighted by molar-refractivity contribution is -0.124. The Labute approximate surface area is 109 Å². The fourth-order valence-corrected chi connectivity index (χ4v) is 2.01. The molecule has 0 aliphatic rings. The Bertz CT molecular complexity index is 441. The van der Waals surface area contributed by atoms with Crippen LogP contribution >= 0.6 is 10.8 Å². The summed E-state index contributed by atoms with van der Waals surface area (Å²) in [6, 6.07) is 6.42. The molecule has 0 atom stereocenters. The van der Waals surface area contributed by atoms with E-state index in [0.29, 0.717) is 12.1 Å². The molecular weight excluding hydrogens is 252 g/mol. The van der Waals surface area contributed by atoms with Crippen LogP contribution in [-0.2, 0) is 4.79 Å². The maximum Gasteiger partial charge on any atom is 0.230 e. The molecule has 0 saturated heterocycles. The van der Waals surface area contributed by atoms with E-state index in [9.17, 15) is 13.9 Å². The summed E-state index contributed by atoms with van der Waals surface area (Å²) in [5.41, 5.74) is -0.184. The molecule has 0 heterocycles. The van der Waals surface area contributed by atoms with Gasteiger partial charge in [-0.05, 0) is 18.6 Å². The average Bonchev–Trinajstić information content (AvgIpc) is 2.28. The van der Waals surface area contributed by atoms with Crippen molar-refractivity contribution >= 4 is 22.4 Å². The molecule has 0 unspecified atom stereocenters. The van der Waals surface area contributed by atoms with Gasteiger partial charge in [0.1, 0.15) is 0 Å². The van der Waals surface area contributed by atoms with Crippen molar-refractivity contribution in [1.82, 2.24) is 0 Å². The number of anilines is 1. The van der Waals surface area contributed by atoms with Crippen LogP contribution in [0.25, 0.3) is 0 Å². The van der Waals surface area contributed by atoms with Crippen LogP contribution in [-0.4, -0.2) is 15.0 Å². The van der Waals surface area contributed by atoms with Gasteiger partial charge in [0, 0.05) is 5.41 Å². The van der Waals surface area contributed by atoms with Gasteiger partial charge in [0.25, 0.3) is 0 Å². The maximum absolute atomic E-state index is 12.0. The van der Waals surface area contributed by atoms with Crippen LogP contribution in [0.1, 0.15) is 27.2 Å². The van der Waals surface area contributed by atoms with Gasteiger partial charge >= 0.3 is 0 Å². The first-order chi connectivity index (χ1) is 8.18. The second kappa shape index (κ2) is 5.27. The highest BCUT2D eigenvalue weighted by molar-refractivity contribution is 8.22. The van der Waals surface area contributed by atoms with Gasteiger partial charge in [-0.2, -0.15) is 0 Å². The molecule has 0 saturated carbocycles. The van der Waals surface area contributed by atoms with Gasteiger partial charge in [-0.1, -0.05) is 32.9 Å². The maximum atomic E-state index is 12.0. The Morgan fingerprint density at radius 3 is 2.44 bits per heavy atom. The van der Waals surface area contributed by atoms with Crippen molar-refractivity contribution in [2.45, 2.75) is 32.1 Å². The van der Waals surface area contributed by atoms with Crippen LogP contribution in [0.3, 0.4) is 0 Å². The Balaban J connectivity index is 3.03. The number of hydrogen-bond donors (Lipinski definition) is 4. The van der Waals surface area contributed by atoms with E-state index in [2.05, 4.69) is 5.32 Å². The Hall–Kier alpha value is -1.08. The molecule has 102 valence electrons. The van der Waals surface area contributed by atoms with Crippen LogP contribution in [0, 0.1) is 5.41 Å². The number of nitrogens with one attached hydrogen (secondary N) is 1. The van der Waals surface area contributed by atoms with Gasteiger partial charge in [-0.15, -0.1) is 10.8 Å². The number of amides is 1. The summed E-state index contributed by atoms with van der Waals surface area (Å²) in [6.07, 6.45) is 0.680. The third-order valence-electron chi connectivity index (χ3n) is 2.96. The first-order valence-corrected chi connectivity index (χ1v) is 7.26. The van der Waals surface area contributed by atoms with Gasteiger partial charge in [0.2, 0.25) is 5.91 Å². The van der Waals surface area contributed by atoms with Gasteiger partial charge in [-0.3, -0.25) is 13.9 Å². The fourth-order valence-electron chi connectivity index (χ4n) is 1.28. The van der Waals surface area contributed by atoms with Crippen LogP contribution in [0.15, 0.2) is 29.2 Å². The highest BCUT2D eigenvalue weighted by atomic mass is 32.3. The number of benzene rings is 1. The fraction of sp³-hybridized carbons (Fsp3) is 0.417. The topological polar surface area (TPSA) is 95.6 Å². The van der Waals surface area contributed by atoms with E-state index < -0.39 is 16.2 Å². The molecule has 0 aromatic heterocycles. The Morgan fingerprint density at radius 2 is 1.94 bits per heavy atom. The molecule has 1 aromatic rings. The molecule has 0 radical (unpaired) electrons. The molecule has 0 spiro atoms. The molecule has 1 rings (SSSR count). The molecule has 5 N–H and O–H groups in total.